The fourth-order valence-electron chi connectivity index (χ4n) is 1.85. The number of nitrogens with one attached hydrogen (secondary N) is 1. The van der Waals surface area contributed by atoms with Crippen LogP contribution in [0.2, 0.25) is 0 Å². The minimum Gasteiger partial charge on any atom is -0.481 e. The Kier molecular flexibility index (Phi) is 4.61. The molecule has 2 rings (SSSR count). The molecule has 1 aromatic carbocycles. The summed E-state index contributed by atoms with van der Waals surface area (Å²) in [4.78, 5) is 26.5. The highest BCUT2D eigenvalue weighted by Gasteiger charge is 2.21. The van der Waals surface area contributed by atoms with Crippen LogP contribution in [0.25, 0.3) is 0 Å². The molecule has 21 heavy (non-hydrogen) atoms. The van der Waals surface area contributed by atoms with Gasteiger partial charge in [0.2, 0.25) is 5.95 Å². The van der Waals surface area contributed by atoms with Crippen molar-refractivity contribution in [3.05, 3.63) is 65.7 Å². The van der Waals surface area contributed by atoms with Gasteiger partial charge in [-0.2, -0.15) is 4.39 Å². The first kappa shape index (κ1) is 14.6. The molecule has 0 aliphatic rings. The molecule has 2 N–H and O–H groups in total. The molecule has 0 saturated heterocycles. The zero-order chi connectivity index (χ0) is 15.2. The monoisotopic (exact) mass is 288 g/mol. The van der Waals surface area contributed by atoms with Gasteiger partial charge in [0.05, 0.1) is 5.92 Å². The van der Waals surface area contributed by atoms with Gasteiger partial charge in [0.15, 0.2) is 0 Å². The molecule has 0 saturated carbocycles. The summed E-state index contributed by atoms with van der Waals surface area (Å²) in [6.07, 6.45) is 0. The van der Waals surface area contributed by atoms with E-state index in [-0.39, 0.29) is 12.2 Å². The summed E-state index contributed by atoms with van der Waals surface area (Å²) in [5.74, 6) is -3.30. The Labute approximate surface area is 120 Å². The zero-order valence-electron chi connectivity index (χ0n) is 11.0. The number of hydrogen-bond donors (Lipinski definition) is 2. The van der Waals surface area contributed by atoms with E-state index in [1.165, 1.54) is 12.1 Å². The number of amides is 1. The highest BCUT2D eigenvalue weighted by atomic mass is 19.1. The summed E-state index contributed by atoms with van der Waals surface area (Å²) in [7, 11) is 0. The van der Waals surface area contributed by atoms with E-state index in [1.807, 2.05) is 0 Å². The van der Waals surface area contributed by atoms with Gasteiger partial charge in [-0.05, 0) is 17.7 Å². The maximum atomic E-state index is 12.9. The molecule has 1 amide bonds. The summed E-state index contributed by atoms with van der Waals surface area (Å²) < 4.78 is 12.9. The van der Waals surface area contributed by atoms with Crippen molar-refractivity contribution in [2.24, 2.45) is 0 Å². The second-order valence-electron chi connectivity index (χ2n) is 4.36. The van der Waals surface area contributed by atoms with E-state index in [1.54, 1.807) is 30.3 Å². The van der Waals surface area contributed by atoms with E-state index in [0.29, 0.717) is 5.56 Å². The lowest BCUT2D eigenvalue weighted by Crippen LogP contribution is -2.32. The highest BCUT2D eigenvalue weighted by molar-refractivity contribution is 5.92. The molecule has 2 aromatic rings. The Morgan fingerprint density at radius 3 is 2.48 bits per heavy atom. The molecule has 0 radical (unpaired) electrons. The van der Waals surface area contributed by atoms with Crippen LogP contribution in [-0.2, 0) is 4.79 Å². The van der Waals surface area contributed by atoms with Gasteiger partial charge in [0, 0.05) is 6.54 Å². The number of hydrogen-bond acceptors (Lipinski definition) is 3. The minimum absolute atomic E-state index is 0.0906. The van der Waals surface area contributed by atoms with Crippen molar-refractivity contribution in [3.8, 4) is 0 Å². The molecule has 1 heterocycles. The number of pyridine rings is 1. The second-order valence-corrected chi connectivity index (χ2v) is 4.36. The van der Waals surface area contributed by atoms with E-state index < -0.39 is 23.7 Å². The molecule has 0 spiro atoms. The van der Waals surface area contributed by atoms with Gasteiger partial charge in [0.1, 0.15) is 5.69 Å². The number of carboxylic acids is 1. The average molecular weight is 288 g/mol. The molecule has 0 aliphatic carbocycles. The van der Waals surface area contributed by atoms with Crippen molar-refractivity contribution in [2.45, 2.75) is 5.92 Å². The smallest absolute Gasteiger partial charge is 0.312 e. The number of rotatable bonds is 5. The van der Waals surface area contributed by atoms with E-state index in [4.69, 9.17) is 0 Å². The van der Waals surface area contributed by atoms with Gasteiger partial charge in [-0.25, -0.2) is 4.98 Å². The maximum Gasteiger partial charge on any atom is 0.312 e. The summed E-state index contributed by atoms with van der Waals surface area (Å²) in [5.41, 5.74) is 0.490. The third-order valence-electron chi connectivity index (χ3n) is 2.91. The molecule has 6 heteroatoms. The number of halogens is 1. The molecule has 0 bridgehead atoms. The molecule has 5 nitrogen and oxygen atoms in total. The third-order valence-corrected chi connectivity index (χ3v) is 2.91. The number of carbonyl (C=O) groups excluding carboxylic acids is 1. The summed E-state index contributed by atoms with van der Waals surface area (Å²) in [5, 5.41) is 11.7. The van der Waals surface area contributed by atoms with Gasteiger partial charge < -0.3 is 10.4 Å². The van der Waals surface area contributed by atoms with Crippen LogP contribution in [0.3, 0.4) is 0 Å². The quantitative estimate of drug-likeness (QED) is 0.822. The number of carbonyl (C=O) groups is 2. The van der Waals surface area contributed by atoms with Crippen molar-refractivity contribution < 1.29 is 19.1 Å². The Morgan fingerprint density at radius 2 is 1.86 bits per heavy atom. The van der Waals surface area contributed by atoms with Gasteiger partial charge in [-0.3, -0.25) is 9.59 Å². The Bertz CT molecular complexity index is 646. The summed E-state index contributed by atoms with van der Waals surface area (Å²) in [6, 6.07) is 12.4. The van der Waals surface area contributed by atoms with Crippen molar-refractivity contribution in [1.29, 1.82) is 0 Å². The predicted octanol–water partition coefficient (Wildman–Crippen LogP) is 1.82. The Hall–Kier alpha value is -2.76. The third kappa shape index (κ3) is 3.85. The van der Waals surface area contributed by atoms with E-state index in [9.17, 15) is 19.1 Å². The van der Waals surface area contributed by atoms with Crippen molar-refractivity contribution >= 4 is 11.9 Å². The predicted molar refractivity (Wildman–Crippen MR) is 73.3 cm³/mol. The van der Waals surface area contributed by atoms with Crippen LogP contribution in [0.5, 0.6) is 0 Å². The van der Waals surface area contributed by atoms with Crippen LogP contribution < -0.4 is 5.32 Å². The topological polar surface area (TPSA) is 79.3 Å². The lowest BCUT2D eigenvalue weighted by Gasteiger charge is -2.13. The average Bonchev–Trinajstić information content (AvgIpc) is 2.48. The largest absolute Gasteiger partial charge is 0.481 e. The fourth-order valence-corrected chi connectivity index (χ4v) is 1.85. The van der Waals surface area contributed by atoms with Crippen LogP contribution in [0.1, 0.15) is 22.0 Å². The van der Waals surface area contributed by atoms with Crippen LogP contribution in [-0.4, -0.2) is 28.5 Å². The molecular weight excluding hydrogens is 275 g/mol. The molecule has 1 unspecified atom stereocenters. The normalized spacial score (nSPS) is 11.7. The number of benzene rings is 1. The van der Waals surface area contributed by atoms with Gasteiger partial charge in [0.25, 0.3) is 5.91 Å². The lowest BCUT2D eigenvalue weighted by atomic mass is 9.99. The second kappa shape index (κ2) is 6.60. The van der Waals surface area contributed by atoms with E-state index in [2.05, 4.69) is 10.3 Å². The van der Waals surface area contributed by atoms with Gasteiger partial charge in [-0.15, -0.1) is 0 Å². The molecule has 108 valence electrons. The molecule has 1 atom stereocenters. The zero-order valence-corrected chi connectivity index (χ0v) is 11.0. The van der Waals surface area contributed by atoms with Crippen LogP contribution in [0, 0.1) is 5.95 Å². The van der Waals surface area contributed by atoms with Gasteiger partial charge in [-0.1, -0.05) is 36.4 Å². The summed E-state index contributed by atoms with van der Waals surface area (Å²) in [6.45, 7) is -0.101. The molecule has 1 aromatic heterocycles. The first-order valence-electron chi connectivity index (χ1n) is 6.26. The standard InChI is InChI=1S/C15H13FN2O3/c16-13-8-4-7-12(18-13)14(19)17-9-11(15(20)21)10-5-2-1-3-6-10/h1-8,11H,9H2,(H,17,19)(H,20,21). The van der Waals surface area contributed by atoms with Crippen molar-refractivity contribution in [1.82, 2.24) is 10.3 Å². The van der Waals surface area contributed by atoms with Crippen LogP contribution >= 0.6 is 0 Å². The molecular formula is C15H13FN2O3. The maximum absolute atomic E-state index is 12.9. The number of aliphatic carboxylic acids is 1. The van der Waals surface area contributed by atoms with E-state index in [0.717, 1.165) is 6.07 Å². The number of nitrogens with zero attached hydrogens (tertiary/aromatic N) is 1. The molecule has 0 aliphatic heterocycles. The van der Waals surface area contributed by atoms with Gasteiger partial charge >= 0.3 is 5.97 Å². The molecule has 0 fully saturated rings. The number of carboxylic acid groups (broad SMARTS) is 1. The van der Waals surface area contributed by atoms with Crippen LogP contribution in [0.4, 0.5) is 4.39 Å². The minimum atomic E-state index is -1.05. The Morgan fingerprint density at radius 1 is 1.14 bits per heavy atom. The Balaban J connectivity index is 2.06. The highest BCUT2D eigenvalue weighted by Crippen LogP contribution is 2.14. The number of aromatic nitrogens is 1. The van der Waals surface area contributed by atoms with Crippen molar-refractivity contribution in [2.75, 3.05) is 6.54 Å². The van der Waals surface area contributed by atoms with Crippen LogP contribution in [0.15, 0.2) is 48.5 Å². The first-order chi connectivity index (χ1) is 10.1. The summed E-state index contributed by atoms with van der Waals surface area (Å²) >= 11 is 0. The van der Waals surface area contributed by atoms with Crippen molar-refractivity contribution in [3.63, 3.8) is 0 Å². The lowest BCUT2D eigenvalue weighted by molar-refractivity contribution is -0.138. The SMILES string of the molecule is O=C(NCC(C(=O)O)c1ccccc1)c1cccc(F)n1. The first-order valence-corrected chi connectivity index (χ1v) is 6.26. The van der Waals surface area contributed by atoms with E-state index >= 15 is 0 Å². The fraction of sp³-hybridized carbons (Fsp3) is 0.133.